The number of aryl methyl sites for hydroxylation is 1. The van der Waals surface area contributed by atoms with E-state index in [0.29, 0.717) is 18.0 Å². The second-order valence-corrected chi connectivity index (χ2v) is 9.78. The molecule has 0 radical (unpaired) electrons. The lowest BCUT2D eigenvalue weighted by atomic mass is 9.92. The standard InChI is InChI=1S/C25H37NO3S/c1-4-6-8-12-20-26(30(27,28)23-18-16-22(3)17-19-23)24-14-10-11-15-25(24)29-21-13-9-7-5-2/h4-6,8,12,16-19,24-25H,2,7,9-11,13-15,20-21H2,1,3H3/b6-4+,12-8+/t24-,25-/m1/s1. The van der Waals surface area contributed by atoms with Crippen molar-refractivity contribution in [1.82, 2.24) is 4.31 Å². The monoisotopic (exact) mass is 431 g/mol. The zero-order valence-corrected chi connectivity index (χ0v) is 19.3. The molecule has 0 spiro atoms. The van der Waals surface area contributed by atoms with Crippen LogP contribution in [-0.4, -0.2) is 38.0 Å². The highest BCUT2D eigenvalue weighted by Gasteiger charge is 2.37. The van der Waals surface area contributed by atoms with Gasteiger partial charge >= 0.3 is 0 Å². The summed E-state index contributed by atoms with van der Waals surface area (Å²) in [5.74, 6) is 0. The Labute approximate surface area is 183 Å². The van der Waals surface area contributed by atoms with E-state index in [1.54, 1.807) is 16.4 Å². The summed E-state index contributed by atoms with van der Waals surface area (Å²) >= 11 is 0. The quantitative estimate of drug-likeness (QED) is 0.239. The summed E-state index contributed by atoms with van der Waals surface area (Å²) in [5.41, 5.74) is 1.05. The first-order valence-electron chi connectivity index (χ1n) is 11.1. The van der Waals surface area contributed by atoms with Crippen LogP contribution >= 0.6 is 0 Å². The average Bonchev–Trinajstić information content (AvgIpc) is 2.74. The number of hydrogen-bond donors (Lipinski definition) is 0. The predicted molar refractivity (Wildman–Crippen MR) is 125 cm³/mol. The second-order valence-electron chi connectivity index (χ2n) is 7.89. The van der Waals surface area contributed by atoms with E-state index < -0.39 is 10.0 Å². The molecule has 0 amide bonds. The zero-order valence-electron chi connectivity index (χ0n) is 18.5. The maximum atomic E-state index is 13.6. The Hall–Kier alpha value is -1.69. The van der Waals surface area contributed by atoms with Crippen LogP contribution in [0.3, 0.4) is 0 Å². The first kappa shape index (κ1) is 24.6. The summed E-state index contributed by atoms with van der Waals surface area (Å²) in [4.78, 5) is 0.350. The highest BCUT2D eigenvalue weighted by Crippen LogP contribution is 2.30. The molecule has 1 saturated carbocycles. The Morgan fingerprint density at radius 1 is 1.13 bits per heavy atom. The molecule has 0 bridgehead atoms. The van der Waals surface area contributed by atoms with E-state index in [1.807, 2.05) is 56.4 Å². The number of ether oxygens (including phenoxy) is 1. The molecule has 1 fully saturated rings. The summed E-state index contributed by atoms with van der Waals surface area (Å²) in [5, 5.41) is 0. The number of nitrogens with zero attached hydrogens (tertiary/aromatic N) is 1. The van der Waals surface area contributed by atoms with Crippen LogP contribution in [0.4, 0.5) is 0 Å². The van der Waals surface area contributed by atoms with Gasteiger partial charge in [0, 0.05) is 13.2 Å². The van der Waals surface area contributed by atoms with Gasteiger partial charge in [-0.05, 0) is 58.1 Å². The summed E-state index contributed by atoms with van der Waals surface area (Å²) < 4.78 is 35.0. The van der Waals surface area contributed by atoms with E-state index in [0.717, 1.165) is 50.5 Å². The van der Waals surface area contributed by atoms with Gasteiger partial charge in [0.25, 0.3) is 0 Å². The molecule has 0 saturated heterocycles. The minimum atomic E-state index is -3.61. The molecule has 0 aliphatic heterocycles. The number of hydrogen-bond acceptors (Lipinski definition) is 3. The molecule has 30 heavy (non-hydrogen) atoms. The Kier molecular flexibility index (Phi) is 10.6. The van der Waals surface area contributed by atoms with Gasteiger partial charge in [0.1, 0.15) is 0 Å². The number of sulfonamides is 1. The molecular weight excluding hydrogens is 394 g/mol. The van der Waals surface area contributed by atoms with Crippen molar-refractivity contribution in [2.24, 2.45) is 0 Å². The fraction of sp³-hybridized carbons (Fsp3) is 0.520. The lowest BCUT2D eigenvalue weighted by Gasteiger charge is -2.38. The Balaban J connectivity index is 2.24. The Morgan fingerprint density at radius 2 is 1.87 bits per heavy atom. The van der Waals surface area contributed by atoms with Gasteiger partial charge in [-0.1, -0.05) is 60.9 Å². The summed E-state index contributed by atoms with van der Waals surface area (Å²) in [6.45, 7) is 8.69. The van der Waals surface area contributed by atoms with Crippen molar-refractivity contribution in [3.8, 4) is 0 Å². The molecule has 0 N–H and O–H groups in total. The van der Waals surface area contributed by atoms with Crippen LogP contribution < -0.4 is 0 Å². The molecule has 0 unspecified atom stereocenters. The topological polar surface area (TPSA) is 46.6 Å². The van der Waals surface area contributed by atoms with Crippen molar-refractivity contribution in [3.05, 3.63) is 66.8 Å². The number of unbranched alkanes of at least 4 members (excludes halogenated alkanes) is 2. The van der Waals surface area contributed by atoms with E-state index in [4.69, 9.17) is 4.74 Å². The van der Waals surface area contributed by atoms with E-state index >= 15 is 0 Å². The van der Waals surface area contributed by atoms with Gasteiger partial charge in [0.15, 0.2) is 0 Å². The Bertz CT molecular complexity index is 796. The molecule has 166 valence electrons. The third-order valence-electron chi connectivity index (χ3n) is 5.52. The minimum absolute atomic E-state index is 0.0576. The molecule has 0 aromatic heterocycles. The van der Waals surface area contributed by atoms with Crippen molar-refractivity contribution < 1.29 is 13.2 Å². The molecule has 2 atom stereocenters. The molecule has 2 rings (SSSR count). The van der Waals surface area contributed by atoms with Crippen molar-refractivity contribution in [2.45, 2.75) is 75.8 Å². The molecule has 1 aromatic carbocycles. The van der Waals surface area contributed by atoms with Gasteiger partial charge in [-0.25, -0.2) is 8.42 Å². The van der Waals surface area contributed by atoms with Crippen LogP contribution in [0.15, 0.2) is 66.1 Å². The van der Waals surface area contributed by atoms with Gasteiger partial charge in [-0.2, -0.15) is 4.31 Å². The first-order valence-corrected chi connectivity index (χ1v) is 12.5. The minimum Gasteiger partial charge on any atom is -0.377 e. The fourth-order valence-corrected chi connectivity index (χ4v) is 5.47. The van der Waals surface area contributed by atoms with E-state index in [1.165, 1.54) is 0 Å². The highest BCUT2D eigenvalue weighted by atomic mass is 32.2. The number of benzene rings is 1. The largest absolute Gasteiger partial charge is 0.377 e. The van der Waals surface area contributed by atoms with Crippen molar-refractivity contribution >= 4 is 10.0 Å². The lowest BCUT2D eigenvalue weighted by Crippen LogP contribution is -2.49. The smallest absolute Gasteiger partial charge is 0.243 e. The average molecular weight is 432 g/mol. The third-order valence-corrected chi connectivity index (χ3v) is 7.43. The van der Waals surface area contributed by atoms with Gasteiger partial charge in [-0.15, -0.1) is 6.58 Å². The van der Waals surface area contributed by atoms with E-state index in [-0.39, 0.29) is 12.1 Å². The molecular formula is C25H37NO3S. The van der Waals surface area contributed by atoms with Crippen LogP contribution in [-0.2, 0) is 14.8 Å². The second kappa shape index (κ2) is 12.9. The Morgan fingerprint density at radius 3 is 2.57 bits per heavy atom. The third kappa shape index (κ3) is 7.22. The van der Waals surface area contributed by atoms with E-state index in [2.05, 4.69) is 6.58 Å². The van der Waals surface area contributed by atoms with Crippen LogP contribution in [0.2, 0.25) is 0 Å². The van der Waals surface area contributed by atoms with Crippen molar-refractivity contribution in [1.29, 1.82) is 0 Å². The van der Waals surface area contributed by atoms with Gasteiger partial charge in [-0.3, -0.25) is 0 Å². The summed E-state index contributed by atoms with van der Waals surface area (Å²) in [6.07, 6.45) is 16.4. The SMILES string of the molecule is C=CCCCCO[C@@H]1CCCC[C@H]1N(C/C=C/C=C/C)S(=O)(=O)c1ccc(C)cc1. The van der Waals surface area contributed by atoms with Crippen LogP contribution in [0.25, 0.3) is 0 Å². The van der Waals surface area contributed by atoms with Crippen LogP contribution in [0.5, 0.6) is 0 Å². The maximum Gasteiger partial charge on any atom is 0.243 e. The molecule has 1 aromatic rings. The predicted octanol–water partition coefficient (Wildman–Crippen LogP) is 5.80. The molecule has 5 heteroatoms. The summed E-state index contributed by atoms with van der Waals surface area (Å²) in [7, 11) is -3.61. The van der Waals surface area contributed by atoms with Gasteiger partial charge in [0.2, 0.25) is 10.0 Å². The first-order chi connectivity index (χ1) is 14.5. The zero-order chi connectivity index (χ0) is 21.8. The van der Waals surface area contributed by atoms with Crippen molar-refractivity contribution in [2.75, 3.05) is 13.2 Å². The maximum absolute atomic E-state index is 13.6. The number of allylic oxidation sites excluding steroid dienone is 4. The normalized spacial score (nSPS) is 20.4. The summed E-state index contributed by atoms with van der Waals surface area (Å²) in [6, 6.07) is 6.99. The fourth-order valence-electron chi connectivity index (χ4n) is 3.84. The highest BCUT2D eigenvalue weighted by molar-refractivity contribution is 7.89. The van der Waals surface area contributed by atoms with Crippen LogP contribution in [0, 0.1) is 6.92 Å². The molecule has 4 nitrogen and oxygen atoms in total. The number of rotatable bonds is 12. The van der Waals surface area contributed by atoms with Crippen LogP contribution in [0.1, 0.15) is 57.4 Å². The molecule has 1 aliphatic rings. The molecule has 0 heterocycles. The van der Waals surface area contributed by atoms with Gasteiger partial charge in [0.05, 0.1) is 17.0 Å². The lowest BCUT2D eigenvalue weighted by molar-refractivity contribution is -0.0148. The molecule has 1 aliphatic carbocycles. The van der Waals surface area contributed by atoms with Gasteiger partial charge < -0.3 is 4.74 Å². The van der Waals surface area contributed by atoms with Crippen molar-refractivity contribution in [3.63, 3.8) is 0 Å². The van der Waals surface area contributed by atoms with E-state index in [9.17, 15) is 8.42 Å².